The summed E-state index contributed by atoms with van der Waals surface area (Å²) in [6.45, 7) is 0. The summed E-state index contributed by atoms with van der Waals surface area (Å²) >= 11 is 0. The van der Waals surface area contributed by atoms with Crippen molar-refractivity contribution in [2.45, 2.75) is 0 Å². The van der Waals surface area contributed by atoms with Gasteiger partial charge in [0.15, 0.2) is 0 Å². The van der Waals surface area contributed by atoms with Crippen molar-refractivity contribution < 1.29 is 18.9 Å². The number of benzene rings is 4. The highest BCUT2D eigenvalue weighted by Gasteiger charge is 2.28. The third-order valence-electron chi connectivity index (χ3n) is 5.47. The van der Waals surface area contributed by atoms with Gasteiger partial charge < -0.3 is 18.9 Å². The lowest BCUT2D eigenvalue weighted by molar-refractivity contribution is 0.415. The van der Waals surface area contributed by atoms with Crippen LogP contribution in [0.2, 0.25) is 0 Å². The van der Waals surface area contributed by atoms with Crippen molar-refractivity contribution in [3.05, 3.63) is 97.1 Å². The van der Waals surface area contributed by atoms with Crippen molar-refractivity contribution in [1.82, 2.24) is 0 Å². The molecule has 0 unspecified atom stereocenters. The van der Waals surface area contributed by atoms with E-state index in [4.69, 9.17) is 18.9 Å². The van der Waals surface area contributed by atoms with Crippen LogP contribution in [0.25, 0.3) is 0 Å². The van der Waals surface area contributed by atoms with Crippen molar-refractivity contribution in [2.24, 2.45) is 0 Å². The lowest BCUT2D eigenvalue weighted by Gasteiger charge is -2.30. The summed E-state index contributed by atoms with van der Waals surface area (Å²) in [5.41, 5.74) is 0. The molecule has 0 saturated heterocycles. The summed E-state index contributed by atoms with van der Waals surface area (Å²) in [5, 5.41) is 5.16. The van der Waals surface area contributed by atoms with Crippen LogP contribution >= 0.6 is 15.2 Å². The molecule has 4 rings (SSSR count). The van der Waals surface area contributed by atoms with Crippen LogP contribution in [-0.2, 0) is 0 Å². The Morgan fingerprint density at radius 1 is 0.324 bits per heavy atom. The van der Waals surface area contributed by atoms with Gasteiger partial charge in [-0.2, -0.15) is 0 Å². The molecule has 0 spiro atoms. The Morgan fingerprint density at radius 3 is 0.647 bits per heavy atom. The molecular weight excluding hydrogens is 462 g/mol. The Bertz CT molecular complexity index is 983. The standard InChI is InChI=1S/C28H28O4P2/c1-29-21-5-13-25(14-6-21)33(26-15-7-22(30-2)8-16-26)34(27-17-9-23(31-3)10-18-27)28-19-11-24(32-4)12-20-28/h5-20H,1-4H3. The van der Waals surface area contributed by atoms with E-state index < -0.39 is 15.2 Å². The van der Waals surface area contributed by atoms with Gasteiger partial charge in [-0.05, 0) is 85.0 Å². The summed E-state index contributed by atoms with van der Waals surface area (Å²) in [4.78, 5) is 0. The molecule has 0 fully saturated rings. The second-order valence-corrected chi connectivity index (χ2v) is 13.1. The van der Waals surface area contributed by atoms with Gasteiger partial charge in [0.25, 0.3) is 0 Å². The zero-order valence-electron chi connectivity index (χ0n) is 19.8. The van der Waals surface area contributed by atoms with E-state index in [1.54, 1.807) is 28.4 Å². The highest BCUT2D eigenvalue weighted by Crippen LogP contribution is 2.65. The van der Waals surface area contributed by atoms with Gasteiger partial charge in [-0.3, -0.25) is 0 Å². The van der Waals surface area contributed by atoms with E-state index in [1.165, 1.54) is 21.2 Å². The molecule has 0 heterocycles. The summed E-state index contributed by atoms with van der Waals surface area (Å²) in [7, 11) is 5.27. The average Bonchev–Trinajstić information content (AvgIpc) is 2.92. The smallest absolute Gasteiger partial charge is 0.118 e. The maximum atomic E-state index is 5.43. The molecule has 4 aromatic rings. The second kappa shape index (κ2) is 11.4. The third kappa shape index (κ3) is 5.36. The fourth-order valence-electron chi connectivity index (χ4n) is 3.65. The Morgan fingerprint density at radius 2 is 0.500 bits per heavy atom. The van der Waals surface area contributed by atoms with Gasteiger partial charge in [-0.25, -0.2) is 0 Å². The van der Waals surface area contributed by atoms with Crippen molar-refractivity contribution in [1.29, 1.82) is 0 Å². The largest absolute Gasteiger partial charge is 0.497 e. The molecule has 0 atom stereocenters. The Kier molecular flexibility index (Phi) is 8.06. The predicted octanol–water partition coefficient (Wildman–Crippen LogP) is 5.20. The number of rotatable bonds is 9. The van der Waals surface area contributed by atoms with Crippen LogP contribution in [0.1, 0.15) is 0 Å². The minimum atomic E-state index is -0.757. The first-order valence-corrected chi connectivity index (χ1v) is 14.2. The van der Waals surface area contributed by atoms with Gasteiger partial charge in [-0.15, -0.1) is 0 Å². The number of hydrogen-bond donors (Lipinski definition) is 0. The van der Waals surface area contributed by atoms with E-state index >= 15 is 0 Å². The van der Waals surface area contributed by atoms with Crippen LogP contribution in [-0.4, -0.2) is 28.4 Å². The zero-order valence-corrected chi connectivity index (χ0v) is 21.6. The fourth-order valence-corrected chi connectivity index (χ4v) is 11.3. The van der Waals surface area contributed by atoms with Crippen LogP contribution in [0.5, 0.6) is 23.0 Å². The molecule has 0 aromatic heterocycles. The highest BCUT2D eigenvalue weighted by molar-refractivity contribution is 8.41. The van der Waals surface area contributed by atoms with Crippen LogP contribution in [0.15, 0.2) is 97.1 Å². The number of ether oxygens (including phenoxy) is 4. The number of methoxy groups -OCH3 is 4. The zero-order chi connectivity index (χ0) is 23.9. The first-order chi connectivity index (χ1) is 16.7. The van der Waals surface area contributed by atoms with Gasteiger partial charge in [-0.1, -0.05) is 48.5 Å². The third-order valence-corrected chi connectivity index (χ3v) is 13.0. The molecule has 6 heteroatoms. The van der Waals surface area contributed by atoms with E-state index in [2.05, 4.69) is 48.5 Å². The molecule has 0 N–H and O–H groups in total. The average molecular weight is 490 g/mol. The molecule has 0 bridgehead atoms. The molecule has 0 aliphatic heterocycles. The van der Waals surface area contributed by atoms with E-state index in [0.29, 0.717) is 0 Å². The van der Waals surface area contributed by atoms with E-state index in [-0.39, 0.29) is 0 Å². The molecule has 4 nitrogen and oxygen atoms in total. The Hall–Kier alpha value is -3.06. The first-order valence-electron chi connectivity index (χ1n) is 10.8. The molecule has 0 amide bonds. The molecule has 174 valence electrons. The number of hydrogen-bond acceptors (Lipinski definition) is 4. The maximum Gasteiger partial charge on any atom is 0.118 e. The van der Waals surface area contributed by atoms with Gasteiger partial charge in [0.2, 0.25) is 0 Å². The lowest BCUT2D eigenvalue weighted by atomic mass is 10.3. The first kappa shape index (κ1) is 24.1. The van der Waals surface area contributed by atoms with Crippen molar-refractivity contribution >= 4 is 36.4 Å². The molecule has 0 aliphatic rings. The molecule has 0 aliphatic carbocycles. The quantitative estimate of drug-likeness (QED) is 0.302. The Labute approximate surface area is 203 Å². The van der Waals surface area contributed by atoms with E-state index in [1.807, 2.05) is 48.5 Å². The fraction of sp³-hybridized carbons (Fsp3) is 0.143. The highest BCUT2D eigenvalue weighted by atomic mass is 32.1. The van der Waals surface area contributed by atoms with Crippen molar-refractivity contribution in [2.75, 3.05) is 28.4 Å². The van der Waals surface area contributed by atoms with E-state index in [9.17, 15) is 0 Å². The molecule has 0 saturated carbocycles. The molecule has 4 aromatic carbocycles. The Balaban J connectivity index is 1.90. The summed E-state index contributed by atoms with van der Waals surface area (Å²) in [6.07, 6.45) is 0. The molecular formula is C28H28O4P2. The van der Waals surface area contributed by atoms with Gasteiger partial charge in [0.1, 0.15) is 23.0 Å². The summed E-state index contributed by atoms with van der Waals surface area (Å²) in [6, 6.07) is 33.9. The monoisotopic (exact) mass is 490 g/mol. The van der Waals surface area contributed by atoms with Gasteiger partial charge in [0, 0.05) is 0 Å². The summed E-state index contributed by atoms with van der Waals surface area (Å²) < 4.78 is 21.7. The maximum absolute atomic E-state index is 5.43. The summed E-state index contributed by atoms with van der Waals surface area (Å²) in [5.74, 6) is 3.41. The van der Waals surface area contributed by atoms with Crippen LogP contribution in [0.3, 0.4) is 0 Å². The lowest BCUT2D eigenvalue weighted by Crippen LogP contribution is -2.20. The minimum Gasteiger partial charge on any atom is -0.497 e. The second-order valence-electron chi connectivity index (χ2n) is 7.42. The van der Waals surface area contributed by atoms with Crippen LogP contribution < -0.4 is 40.2 Å². The normalized spacial score (nSPS) is 10.9. The topological polar surface area (TPSA) is 36.9 Å². The predicted molar refractivity (Wildman–Crippen MR) is 144 cm³/mol. The minimum absolute atomic E-state index is 0.757. The SMILES string of the molecule is COc1ccc(P(c2ccc(OC)cc2)P(c2ccc(OC)cc2)c2ccc(OC)cc2)cc1. The van der Waals surface area contributed by atoms with Crippen molar-refractivity contribution in [3.63, 3.8) is 0 Å². The van der Waals surface area contributed by atoms with Gasteiger partial charge >= 0.3 is 0 Å². The van der Waals surface area contributed by atoms with Crippen LogP contribution in [0.4, 0.5) is 0 Å². The molecule has 0 radical (unpaired) electrons. The van der Waals surface area contributed by atoms with Crippen molar-refractivity contribution in [3.8, 4) is 23.0 Å². The molecule has 34 heavy (non-hydrogen) atoms. The van der Waals surface area contributed by atoms with Crippen LogP contribution in [0, 0.1) is 0 Å². The van der Waals surface area contributed by atoms with Gasteiger partial charge in [0.05, 0.1) is 28.4 Å². The van der Waals surface area contributed by atoms with E-state index in [0.717, 1.165) is 23.0 Å².